The Morgan fingerprint density at radius 3 is 2.92 bits per heavy atom. The first-order valence-electron chi connectivity index (χ1n) is 4.15. The Morgan fingerprint density at radius 2 is 2.33 bits per heavy atom. The van der Waals surface area contributed by atoms with Gasteiger partial charge in [-0.15, -0.1) is 0 Å². The van der Waals surface area contributed by atoms with Crippen molar-refractivity contribution in [1.29, 1.82) is 0 Å². The largest absolute Gasteiger partial charge is 0.493 e. The van der Waals surface area contributed by atoms with Crippen LogP contribution in [-0.4, -0.2) is 11.6 Å². The van der Waals surface area contributed by atoms with E-state index in [1.54, 1.807) is 0 Å². The molecule has 0 spiro atoms. The van der Waals surface area contributed by atoms with E-state index in [9.17, 15) is 0 Å². The Balaban J connectivity index is 2.91. The number of nitrogens with zero attached hydrogens (tertiary/aromatic N) is 1. The van der Waals surface area contributed by atoms with Crippen molar-refractivity contribution < 1.29 is 4.74 Å². The lowest BCUT2D eigenvalue weighted by molar-refractivity contribution is 0.337. The number of pyridine rings is 1. The molecule has 0 aliphatic heterocycles. The van der Waals surface area contributed by atoms with Crippen molar-refractivity contribution >= 4 is 0 Å². The Hall–Kier alpha value is -1.05. The van der Waals surface area contributed by atoms with E-state index >= 15 is 0 Å². The molecule has 0 unspecified atom stereocenters. The molecule has 0 N–H and O–H groups in total. The molecule has 0 aliphatic carbocycles. The van der Waals surface area contributed by atoms with E-state index in [0.717, 1.165) is 17.0 Å². The predicted octanol–water partition coefficient (Wildman–Crippen LogP) is 2.17. The van der Waals surface area contributed by atoms with Crippen molar-refractivity contribution in [3.8, 4) is 5.75 Å². The molecule has 0 aromatic carbocycles. The number of ether oxygens (including phenoxy) is 1. The van der Waals surface area contributed by atoms with Gasteiger partial charge < -0.3 is 4.74 Å². The molecule has 0 bridgehead atoms. The normalized spacial score (nSPS) is 9.92. The van der Waals surface area contributed by atoms with Crippen LogP contribution in [0.5, 0.6) is 5.75 Å². The molecular formula is C10H14NO. The highest BCUT2D eigenvalue weighted by Crippen LogP contribution is 2.17. The van der Waals surface area contributed by atoms with E-state index < -0.39 is 0 Å². The number of hydrogen-bond donors (Lipinski definition) is 0. The van der Waals surface area contributed by atoms with Gasteiger partial charge in [0.15, 0.2) is 0 Å². The van der Waals surface area contributed by atoms with Gasteiger partial charge in [-0.2, -0.15) is 0 Å². The molecule has 2 nitrogen and oxygen atoms in total. The van der Waals surface area contributed by atoms with E-state index in [4.69, 9.17) is 4.74 Å². The van der Waals surface area contributed by atoms with Gasteiger partial charge in [0.25, 0.3) is 0 Å². The van der Waals surface area contributed by atoms with Crippen LogP contribution in [0.2, 0.25) is 0 Å². The number of aryl methyl sites for hydroxylation is 1. The standard InChI is InChI=1S/C10H14NO/c1-4-9-6-10(12-5-2)8(3)7-11-9/h6-7H,1,4-5H2,2-3H3. The van der Waals surface area contributed by atoms with Gasteiger partial charge in [-0.1, -0.05) is 0 Å². The summed E-state index contributed by atoms with van der Waals surface area (Å²) in [4.78, 5) is 4.20. The highest BCUT2D eigenvalue weighted by molar-refractivity contribution is 5.32. The molecule has 1 radical (unpaired) electrons. The van der Waals surface area contributed by atoms with Crippen molar-refractivity contribution in [2.45, 2.75) is 20.3 Å². The first-order chi connectivity index (χ1) is 5.77. The van der Waals surface area contributed by atoms with Crippen LogP contribution < -0.4 is 4.74 Å². The van der Waals surface area contributed by atoms with E-state index in [-0.39, 0.29) is 0 Å². The zero-order valence-corrected chi connectivity index (χ0v) is 7.63. The van der Waals surface area contributed by atoms with Crippen molar-refractivity contribution in [3.05, 3.63) is 30.4 Å². The molecule has 0 amide bonds. The average Bonchev–Trinajstić information content (AvgIpc) is 2.09. The molecule has 12 heavy (non-hydrogen) atoms. The minimum atomic E-state index is 0.696. The van der Waals surface area contributed by atoms with Gasteiger partial charge in [0.1, 0.15) is 5.75 Å². The molecule has 0 atom stereocenters. The maximum absolute atomic E-state index is 5.41. The smallest absolute Gasteiger partial charge is 0.125 e. The molecule has 1 aromatic rings. The average molecular weight is 164 g/mol. The second kappa shape index (κ2) is 4.10. The van der Waals surface area contributed by atoms with Crippen LogP contribution >= 0.6 is 0 Å². The van der Waals surface area contributed by atoms with Gasteiger partial charge in [0.05, 0.1) is 6.61 Å². The summed E-state index contributed by atoms with van der Waals surface area (Å²) in [6.45, 7) is 8.43. The first-order valence-corrected chi connectivity index (χ1v) is 4.15. The predicted molar refractivity (Wildman–Crippen MR) is 49.2 cm³/mol. The minimum Gasteiger partial charge on any atom is -0.493 e. The Kier molecular flexibility index (Phi) is 3.09. The monoisotopic (exact) mass is 164 g/mol. The third-order valence-corrected chi connectivity index (χ3v) is 1.67. The van der Waals surface area contributed by atoms with Gasteiger partial charge in [-0.25, -0.2) is 0 Å². The summed E-state index contributed by atoms with van der Waals surface area (Å²) < 4.78 is 5.41. The van der Waals surface area contributed by atoms with Crippen LogP contribution in [-0.2, 0) is 6.42 Å². The van der Waals surface area contributed by atoms with Crippen LogP contribution in [0.3, 0.4) is 0 Å². The fourth-order valence-corrected chi connectivity index (χ4v) is 0.994. The molecule has 0 saturated heterocycles. The molecule has 0 fully saturated rings. The highest BCUT2D eigenvalue weighted by atomic mass is 16.5. The summed E-state index contributed by atoms with van der Waals surface area (Å²) in [5, 5.41) is 0. The minimum absolute atomic E-state index is 0.696. The quantitative estimate of drug-likeness (QED) is 0.683. The van der Waals surface area contributed by atoms with Gasteiger partial charge in [0, 0.05) is 23.5 Å². The maximum Gasteiger partial charge on any atom is 0.125 e. The molecule has 0 aliphatic rings. The van der Waals surface area contributed by atoms with Gasteiger partial charge >= 0.3 is 0 Å². The second-order valence-corrected chi connectivity index (χ2v) is 2.62. The first kappa shape index (κ1) is 9.04. The highest BCUT2D eigenvalue weighted by Gasteiger charge is 1.99. The second-order valence-electron chi connectivity index (χ2n) is 2.62. The van der Waals surface area contributed by atoms with Crippen molar-refractivity contribution in [3.63, 3.8) is 0 Å². The number of hydrogen-bond acceptors (Lipinski definition) is 2. The van der Waals surface area contributed by atoms with Crippen LogP contribution in [0.1, 0.15) is 18.2 Å². The molecule has 0 saturated carbocycles. The van der Waals surface area contributed by atoms with Crippen LogP contribution in [0.4, 0.5) is 0 Å². The number of aromatic nitrogens is 1. The SMILES string of the molecule is [CH2]Cc1cc(OCC)c(C)cn1. The summed E-state index contributed by atoms with van der Waals surface area (Å²) in [6.07, 6.45) is 2.53. The third kappa shape index (κ3) is 1.97. The van der Waals surface area contributed by atoms with Gasteiger partial charge in [-0.3, -0.25) is 4.98 Å². The molecule has 1 rings (SSSR count). The van der Waals surface area contributed by atoms with Crippen molar-refractivity contribution in [1.82, 2.24) is 4.98 Å². The van der Waals surface area contributed by atoms with Crippen molar-refractivity contribution in [2.24, 2.45) is 0 Å². The fraction of sp³-hybridized carbons (Fsp3) is 0.400. The van der Waals surface area contributed by atoms with Crippen LogP contribution in [0.15, 0.2) is 12.3 Å². The van der Waals surface area contributed by atoms with Crippen LogP contribution in [0.25, 0.3) is 0 Å². The number of rotatable bonds is 3. The van der Waals surface area contributed by atoms with Gasteiger partial charge in [0.2, 0.25) is 0 Å². The summed E-state index contributed by atoms with van der Waals surface area (Å²) in [6, 6.07) is 1.95. The topological polar surface area (TPSA) is 22.1 Å². The van der Waals surface area contributed by atoms with E-state index in [0.29, 0.717) is 13.0 Å². The summed E-state index contributed by atoms with van der Waals surface area (Å²) in [5.74, 6) is 0.922. The Labute approximate surface area is 73.6 Å². The van der Waals surface area contributed by atoms with E-state index in [1.165, 1.54) is 0 Å². The zero-order valence-electron chi connectivity index (χ0n) is 7.63. The summed E-state index contributed by atoms with van der Waals surface area (Å²) >= 11 is 0. The Morgan fingerprint density at radius 1 is 1.58 bits per heavy atom. The molecule has 1 heterocycles. The molecule has 1 aromatic heterocycles. The summed E-state index contributed by atoms with van der Waals surface area (Å²) in [5.41, 5.74) is 2.05. The lowest BCUT2D eigenvalue weighted by Gasteiger charge is -2.07. The maximum atomic E-state index is 5.41. The van der Waals surface area contributed by atoms with E-state index in [1.807, 2.05) is 26.1 Å². The van der Waals surface area contributed by atoms with Crippen molar-refractivity contribution in [2.75, 3.05) is 6.61 Å². The van der Waals surface area contributed by atoms with Crippen LogP contribution in [0, 0.1) is 13.8 Å². The summed E-state index contributed by atoms with van der Waals surface area (Å²) in [7, 11) is 0. The fourth-order valence-electron chi connectivity index (χ4n) is 0.994. The molecule has 2 heteroatoms. The Bertz CT molecular complexity index is 258. The lowest BCUT2D eigenvalue weighted by atomic mass is 10.2. The lowest BCUT2D eigenvalue weighted by Crippen LogP contribution is -1.96. The third-order valence-electron chi connectivity index (χ3n) is 1.67. The van der Waals surface area contributed by atoms with Gasteiger partial charge in [-0.05, 0) is 27.2 Å². The van der Waals surface area contributed by atoms with E-state index in [2.05, 4.69) is 11.9 Å². The zero-order chi connectivity index (χ0) is 8.97. The molecular weight excluding hydrogens is 150 g/mol. The molecule has 65 valence electrons.